The molecule has 1 aliphatic carbocycles. The number of nitrogens with one attached hydrogen (secondary N) is 3. The van der Waals surface area contributed by atoms with Crippen LogP contribution in [0.15, 0.2) is 59.6 Å². The highest BCUT2D eigenvalue weighted by molar-refractivity contribution is 8.16. The summed E-state index contributed by atoms with van der Waals surface area (Å²) in [7, 11) is 3.06. The van der Waals surface area contributed by atoms with Crippen LogP contribution in [-0.4, -0.2) is 46.6 Å². The van der Waals surface area contributed by atoms with E-state index in [2.05, 4.69) is 25.3 Å². The number of rotatable bonds is 8. The lowest BCUT2D eigenvalue weighted by molar-refractivity contribution is 0.370. The van der Waals surface area contributed by atoms with E-state index in [1.54, 1.807) is 7.11 Å². The van der Waals surface area contributed by atoms with Crippen LogP contribution in [0, 0.1) is 12.7 Å². The zero-order valence-corrected chi connectivity index (χ0v) is 23.6. The molecule has 1 saturated carbocycles. The predicted molar refractivity (Wildman–Crippen MR) is 160 cm³/mol. The number of nitrogens with zero attached hydrogens (tertiary/aromatic N) is 3. The molecule has 2 aromatic carbocycles. The van der Waals surface area contributed by atoms with Crippen molar-refractivity contribution in [1.29, 1.82) is 0 Å². The highest BCUT2D eigenvalue weighted by Gasteiger charge is 2.21. The second-order valence-corrected chi connectivity index (χ2v) is 11.6. The van der Waals surface area contributed by atoms with Gasteiger partial charge in [0, 0.05) is 34.1 Å². The fraction of sp³-hybridized carbons (Fsp3) is 0.333. The minimum absolute atomic E-state index is 0.156. The molecular formula is C30H35FN6OS. The van der Waals surface area contributed by atoms with Crippen molar-refractivity contribution in [1.82, 2.24) is 20.3 Å². The van der Waals surface area contributed by atoms with Gasteiger partial charge in [-0.1, -0.05) is 34.9 Å². The van der Waals surface area contributed by atoms with Gasteiger partial charge in [0.2, 0.25) is 11.8 Å². The van der Waals surface area contributed by atoms with Crippen LogP contribution in [0.25, 0.3) is 22.0 Å². The molecule has 1 fully saturated rings. The van der Waals surface area contributed by atoms with Crippen LogP contribution in [0.2, 0.25) is 0 Å². The van der Waals surface area contributed by atoms with Crippen molar-refractivity contribution < 1.29 is 9.13 Å². The zero-order valence-electron chi connectivity index (χ0n) is 22.8. The van der Waals surface area contributed by atoms with E-state index in [1.165, 1.54) is 6.07 Å². The van der Waals surface area contributed by atoms with Crippen molar-refractivity contribution in [2.45, 2.75) is 56.5 Å². The van der Waals surface area contributed by atoms with Crippen LogP contribution >= 0.6 is 10.7 Å². The molecule has 1 atom stereocenters. The monoisotopic (exact) mass is 546 g/mol. The molecule has 9 heteroatoms. The fourth-order valence-corrected chi connectivity index (χ4v) is 6.51. The normalized spacial score (nSPS) is 18.2. The Kier molecular flexibility index (Phi) is 8.38. The van der Waals surface area contributed by atoms with Crippen LogP contribution in [0.1, 0.15) is 38.2 Å². The largest absolute Gasteiger partial charge is 0.480 e. The average molecular weight is 547 g/mol. The Morgan fingerprint density at radius 3 is 2.51 bits per heavy atom. The highest BCUT2D eigenvalue weighted by Crippen LogP contribution is 2.36. The Hall–Kier alpha value is -3.56. The van der Waals surface area contributed by atoms with Gasteiger partial charge in [-0.25, -0.2) is 14.4 Å². The molecule has 39 heavy (non-hydrogen) atoms. The van der Waals surface area contributed by atoms with Crippen molar-refractivity contribution in [2.75, 3.05) is 24.2 Å². The topological polar surface area (TPSA) is 84.0 Å². The number of fused-ring (bicyclic) bond motifs is 1. The molecule has 1 aliphatic rings. The smallest absolute Gasteiger partial charge is 0.223 e. The van der Waals surface area contributed by atoms with Gasteiger partial charge in [0.15, 0.2) is 11.6 Å². The maximum absolute atomic E-state index is 15.4. The van der Waals surface area contributed by atoms with Gasteiger partial charge in [-0.05, 0) is 87.3 Å². The van der Waals surface area contributed by atoms with Gasteiger partial charge in [0.1, 0.15) is 0 Å². The Morgan fingerprint density at radius 1 is 1.03 bits per heavy atom. The maximum atomic E-state index is 15.4. The number of benzene rings is 2. The van der Waals surface area contributed by atoms with Gasteiger partial charge in [-0.2, -0.15) is 4.98 Å². The number of hydrogen-bond donors (Lipinski definition) is 3. The van der Waals surface area contributed by atoms with Crippen molar-refractivity contribution >= 4 is 38.7 Å². The number of ether oxygens (including phenoxy) is 1. The van der Waals surface area contributed by atoms with Gasteiger partial charge in [-0.15, -0.1) is 0 Å². The standard InChI is InChI=1S/C30H35FN6OS/c1-5-39(27-9-7-6-8-19(27)2)37-28-25(31)17-24(29(36-28)38-4)20-10-15-26-21(16-20)18-33-30(35-26)34-23-13-11-22(32-3)12-14-23/h5-10,15-18,22-23,32H,11-14H2,1-4H3,(H,36,37)(H,33,34,35). The zero-order chi connectivity index (χ0) is 27.4. The van der Waals surface area contributed by atoms with E-state index in [9.17, 15) is 0 Å². The molecule has 2 aromatic heterocycles. The third kappa shape index (κ3) is 6.04. The summed E-state index contributed by atoms with van der Waals surface area (Å²) in [5.74, 6) is 0.700. The lowest BCUT2D eigenvalue weighted by atomic mass is 9.91. The SMILES string of the molecule is C/C=S(/Nc1nc(OC)c(-c2ccc3nc(NC4CCC(NC)CC4)ncc3c2)cc1F)c1ccccc1C. The second kappa shape index (κ2) is 12.1. The minimum atomic E-state index is -0.514. The first-order valence-corrected chi connectivity index (χ1v) is 14.6. The molecule has 2 heterocycles. The molecule has 1 unspecified atom stereocenters. The molecule has 0 radical (unpaired) electrons. The van der Waals surface area contributed by atoms with Crippen LogP contribution in [0.5, 0.6) is 5.88 Å². The molecule has 7 nitrogen and oxygen atoms in total. The summed E-state index contributed by atoms with van der Waals surface area (Å²) >= 11 is 0. The van der Waals surface area contributed by atoms with Crippen molar-refractivity contribution in [2.24, 2.45) is 0 Å². The van der Waals surface area contributed by atoms with Crippen LogP contribution < -0.4 is 20.1 Å². The van der Waals surface area contributed by atoms with Gasteiger partial charge < -0.3 is 20.1 Å². The molecule has 4 aromatic rings. The third-order valence-corrected chi connectivity index (χ3v) is 9.08. The Balaban J connectivity index is 1.38. The summed E-state index contributed by atoms with van der Waals surface area (Å²) in [4.78, 5) is 14.9. The van der Waals surface area contributed by atoms with E-state index in [0.717, 1.165) is 52.6 Å². The van der Waals surface area contributed by atoms with E-state index < -0.39 is 16.5 Å². The molecule has 204 valence electrons. The Morgan fingerprint density at radius 2 is 1.79 bits per heavy atom. The molecule has 3 N–H and O–H groups in total. The first kappa shape index (κ1) is 27.0. The molecule has 0 spiro atoms. The average Bonchev–Trinajstić information content (AvgIpc) is 2.97. The fourth-order valence-electron chi connectivity index (χ4n) is 5.03. The molecule has 0 amide bonds. The summed E-state index contributed by atoms with van der Waals surface area (Å²) in [6, 6.07) is 16.3. The van der Waals surface area contributed by atoms with Crippen molar-refractivity contribution in [3.05, 3.63) is 66.1 Å². The second-order valence-electron chi connectivity index (χ2n) is 9.77. The summed E-state index contributed by atoms with van der Waals surface area (Å²) in [5.41, 5.74) is 3.31. The lowest BCUT2D eigenvalue weighted by Crippen LogP contribution is -2.35. The van der Waals surface area contributed by atoms with Gasteiger partial charge >= 0.3 is 0 Å². The molecule has 5 rings (SSSR count). The van der Waals surface area contributed by atoms with E-state index in [0.29, 0.717) is 29.5 Å². The van der Waals surface area contributed by atoms with Crippen LogP contribution in [0.4, 0.5) is 16.2 Å². The number of aryl methyl sites for hydroxylation is 1. The highest BCUT2D eigenvalue weighted by atomic mass is 32.2. The van der Waals surface area contributed by atoms with Gasteiger partial charge in [0.25, 0.3) is 0 Å². The Labute approximate surface area is 231 Å². The van der Waals surface area contributed by atoms with Crippen LogP contribution in [-0.2, 0) is 0 Å². The quantitative estimate of drug-likeness (QED) is 0.216. The third-order valence-electron chi connectivity index (χ3n) is 7.27. The maximum Gasteiger partial charge on any atom is 0.223 e. The predicted octanol–water partition coefficient (Wildman–Crippen LogP) is 6.57. The number of hydrogen-bond acceptors (Lipinski definition) is 7. The summed E-state index contributed by atoms with van der Waals surface area (Å²) < 4.78 is 24.2. The van der Waals surface area contributed by atoms with Crippen LogP contribution in [0.3, 0.4) is 0 Å². The Bertz CT molecular complexity index is 1500. The van der Waals surface area contributed by atoms with Crippen molar-refractivity contribution in [3.8, 4) is 17.0 Å². The number of halogens is 1. The number of pyridine rings is 1. The van der Waals surface area contributed by atoms with Gasteiger partial charge in [0.05, 0.1) is 12.6 Å². The number of anilines is 2. The molecule has 0 aliphatic heterocycles. The van der Waals surface area contributed by atoms with E-state index >= 15 is 4.39 Å². The minimum Gasteiger partial charge on any atom is -0.480 e. The van der Waals surface area contributed by atoms with E-state index in [-0.39, 0.29) is 5.82 Å². The lowest BCUT2D eigenvalue weighted by Gasteiger charge is -2.28. The van der Waals surface area contributed by atoms with E-state index in [1.807, 2.05) is 74.9 Å². The summed E-state index contributed by atoms with van der Waals surface area (Å²) in [6.07, 6.45) is 6.30. The van der Waals surface area contributed by atoms with E-state index in [4.69, 9.17) is 9.72 Å². The number of aromatic nitrogens is 3. The van der Waals surface area contributed by atoms with Gasteiger partial charge in [-0.3, -0.25) is 0 Å². The summed E-state index contributed by atoms with van der Waals surface area (Å²) in [6.45, 7) is 4.00. The molecular weight excluding hydrogens is 511 g/mol. The van der Waals surface area contributed by atoms with Crippen molar-refractivity contribution in [3.63, 3.8) is 0 Å². The first-order valence-electron chi connectivity index (χ1n) is 13.3. The molecule has 0 bridgehead atoms. The number of methoxy groups -OCH3 is 1. The summed E-state index contributed by atoms with van der Waals surface area (Å²) in [5, 5.41) is 9.74. The molecule has 0 saturated heterocycles. The first-order chi connectivity index (χ1) is 19.0.